The van der Waals surface area contributed by atoms with Crippen LogP contribution in [0, 0.1) is 0 Å². The molecule has 19 heavy (non-hydrogen) atoms. The molecule has 0 saturated heterocycles. The number of nitrogens with one attached hydrogen (secondary N) is 3. The summed E-state index contributed by atoms with van der Waals surface area (Å²) < 4.78 is 0. The van der Waals surface area contributed by atoms with Gasteiger partial charge in [0.15, 0.2) is 5.43 Å². The lowest BCUT2D eigenvalue weighted by molar-refractivity contribution is -0.124. The first-order valence-electron chi connectivity index (χ1n) is 6.01. The van der Waals surface area contributed by atoms with E-state index in [9.17, 15) is 14.4 Å². The average Bonchev–Trinajstić information content (AvgIpc) is 2.27. The number of amides is 2. The Kier molecular flexibility index (Phi) is 4.47. The van der Waals surface area contributed by atoms with Crippen molar-refractivity contribution in [2.45, 2.75) is 39.3 Å². The van der Waals surface area contributed by atoms with E-state index in [1.807, 2.05) is 20.8 Å². The van der Waals surface area contributed by atoms with Gasteiger partial charge in [-0.15, -0.1) is 0 Å². The molecule has 104 valence electrons. The number of hydrogen-bond acceptors (Lipinski definition) is 3. The number of hydrogen-bond donors (Lipinski definition) is 3. The Balaban J connectivity index is 2.70. The molecule has 2 amide bonds. The maximum Gasteiger partial charge on any atom is 0.257 e. The zero-order valence-electron chi connectivity index (χ0n) is 11.5. The summed E-state index contributed by atoms with van der Waals surface area (Å²) in [5, 5.41) is 5.24. The molecule has 0 aliphatic carbocycles. The van der Waals surface area contributed by atoms with E-state index in [4.69, 9.17) is 0 Å². The van der Waals surface area contributed by atoms with E-state index < -0.39 is 11.9 Å². The van der Waals surface area contributed by atoms with Gasteiger partial charge in [0.05, 0.1) is 0 Å². The summed E-state index contributed by atoms with van der Waals surface area (Å²) in [4.78, 5) is 37.8. The number of carbonyl (C=O) groups excluding carboxylic acids is 2. The molecule has 0 bridgehead atoms. The standard InChI is InChI=1S/C13H19N3O3/c1-8(11(18)16-13(2,3)4)15-12(19)9-7-14-6-5-10(9)17/h5-8H,1-4H3,(H,14,17)(H,15,19)(H,16,18). The van der Waals surface area contributed by atoms with Gasteiger partial charge in [0.2, 0.25) is 5.91 Å². The van der Waals surface area contributed by atoms with Crippen molar-refractivity contribution in [3.8, 4) is 0 Å². The molecule has 1 rings (SSSR count). The second-order valence-electron chi connectivity index (χ2n) is 5.36. The van der Waals surface area contributed by atoms with Crippen LogP contribution in [0.4, 0.5) is 0 Å². The maximum atomic E-state index is 11.8. The third kappa shape index (κ3) is 4.57. The molecule has 6 heteroatoms. The number of aromatic nitrogens is 1. The largest absolute Gasteiger partial charge is 0.367 e. The van der Waals surface area contributed by atoms with E-state index >= 15 is 0 Å². The smallest absolute Gasteiger partial charge is 0.257 e. The zero-order chi connectivity index (χ0) is 14.6. The van der Waals surface area contributed by atoms with Crippen molar-refractivity contribution in [1.82, 2.24) is 15.6 Å². The lowest BCUT2D eigenvalue weighted by Gasteiger charge is -2.23. The van der Waals surface area contributed by atoms with Crippen LogP contribution in [-0.4, -0.2) is 28.4 Å². The van der Waals surface area contributed by atoms with Gasteiger partial charge in [0, 0.05) is 24.0 Å². The fraction of sp³-hybridized carbons (Fsp3) is 0.462. The van der Waals surface area contributed by atoms with E-state index in [1.54, 1.807) is 6.92 Å². The highest BCUT2D eigenvalue weighted by molar-refractivity contribution is 5.97. The fourth-order valence-corrected chi connectivity index (χ4v) is 1.41. The quantitative estimate of drug-likeness (QED) is 0.739. The van der Waals surface area contributed by atoms with Crippen molar-refractivity contribution < 1.29 is 9.59 Å². The molecular weight excluding hydrogens is 246 g/mol. The zero-order valence-corrected chi connectivity index (χ0v) is 11.5. The van der Waals surface area contributed by atoms with Crippen molar-refractivity contribution >= 4 is 11.8 Å². The van der Waals surface area contributed by atoms with Gasteiger partial charge in [-0.2, -0.15) is 0 Å². The molecule has 0 aliphatic heterocycles. The Labute approximate surface area is 111 Å². The van der Waals surface area contributed by atoms with Crippen LogP contribution in [0.15, 0.2) is 23.3 Å². The predicted octanol–water partition coefficient (Wildman–Crippen LogP) is 0.408. The molecule has 0 radical (unpaired) electrons. The maximum absolute atomic E-state index is 11.8. The summed E-state index contributed by atoms with van der Waals surface area (Å²) in [5.41, 5.74) is -0.780. The van der Waals surface area contributed by atoms with Crippen molar-refractivity contribution in [1.29, 1.82) is 0 Å². The first-order chi connectivity index (χ1) is 8.70. The van der Waals surface area contributed by atoms with Crippen molar-refractivity contribution in [2.24, 2.45) is 0 Å². The lowest BCUT2D eigenvalue weighted by Crippen LogP contribution is -2.51. The summed E-state index contributed by atoms with van der Waals surface area (Å²) in [7, 11) is 0. The minimum Gasteiger partial charge on any atom is -0.367 e. The molecule has 0 saturated carbocycles. The normalized spacial score (nSPS) is 12.6. The molecule has 1 atom stereocenters. The Morgan fingerprint density at radius 2 is 1.95 bits per heavy atom. The number of pyridine rings is 1. The first-order valence-corrected chi connectivity index (χ1v) is 6.01. The summed E-state index contributed by atoms with van der Waals surface area (Å²) in [6.45, 7) is 7.11. The highest BCUT2D eigenvalue weighted by atomic mass is 16.2. The van der Waals surface area contributed by atoms with Crippen LogP contribution < -0.4 is 16.1 Å². The molecule has 1 aromatic heterocycles. The molecule has 0 spiro atoms. The fourth-order valence-electron chi connectivity index (χ4n) is 1.41. The summed E-state index contributed by atoms with van der Waals surface area (Å²) in [6.07, 6.45) is 2.75. The van der Waals surface area contributed by atoms with Gasteiger partial charge in [-0.1, -0.05) is 0 Å². The van der Waals surface area contributed by atoms with Crippen LogP contribution in [0.3, 0.4) is 0 Å². The molecular formula is C13H19N3O3. The van der Waals surface area contributed by atoms with E-state index in [-0.39, 0.29) is 22.4 Å². The predicted molar refractivity (Wildman–Crippen MR) is 71.9 cm³/mol. The molecule has 1 heterocycles. The monoisotopic (exact) mass is 265 g/mol. The van der Waals surface area contributed by atoms with Gasteiger partial charge in [0.25, 0.3) is 5.91 Å². The summed E-state index contributed by atoms with van der Waals surface area (Å²) in [6, 6.07) is 0.542. The van der Waals surface area contributed by atoms with Crippen LogP contribution in [0.25, 0.3) is 0 Å². The molecule has 1 aromatic rings. The minimum absolute atomic E-state index is 0.0158. The van der Waals surface area contributed by atoms with Crippen LogP contribution >= 0.6 is 0 Å². The molecule has 6 nitrogen and oxygen atoms in total. The van der Waals surface area contributed by atoms with Gasteiger partial charge in [0.1, 0.15) is 11.6 Å². The third-order valence-corrected chi connectivity index (χ3v) is 2.31. The van der Waals surface area contributed by atoms with Crippen LogP contribution in [-0.2, 0) is 4.79 Å². The van der Waals surface area contributed by atoms with E-state index in [2.05, 4.69) is 15.6 Å². The second-order valence-corrected chi connectivity index (χ2v) is 5.36. The molecule has 1 unspecified atom stereocenters. The first kappa shape index (κ1) is 14.9. The number of H-pyrrole nitrogens is 1. The van der Waals surface area contributed by atoms with E-state index in [0.29, 0.717) is 0 Å². The van der Waals surface area contributed by atoms with Crippen LogP contribution in [0.1, 0.15) is 38.1 Å². The summed E-state index contributed by atoms with van der Waals surface area (Å²) in [5.74, 6) is -0.869. The Hall–Kier alpha value is -2.11. The second kappa shape index (κ2) is 5.69. The highest BCUT2D eigenvalue weighted by Gasteiger charge is 2.21. The van der Waals surface area contributed by atoms with Crippen LogP contribution in [0.5, 0.6) is 0 Å². The number of rotatable bonds is 3. The lowest BCUT2D eigenvalue weighted by atomic mass is 10.1. The van der Waals surface area contributed by atoms with Gasteiger partial charge < -0.3 is 15.6 Å². The van der Waals surface area contributed by atoms with Crippen molar-refractivity contribution in [3.05, 3.63) is 34.2 Å². The van der Waals surface area contributed by atoms with E-state index in [1.165, 1.54) is 18.5 Å². The Bertz CT molecular complexity index is 528. The summed E-state index contributed by atoms with van der Waals surface area (Å²) >= 11 is 0. The molecule has 0 aromatic carbocycles. The van der Waals surface area contributed by atoms with Gasteiger partial charge in [-0.3, -0.25) is 14.4 Å². The Morgan fingerprint density at radius 1 is 1.32 bits per heavy atom. The average molecular weight is 265 g/mol. The number of aromatic amines is 1. The van der Waals surface area contributed by atoms with E-state index in [0.717, 1.165) is 0 Å². The number of carbonyl (C=O) groups is 2. The highest BCUT2D eigenvalue weighted by Crippen LogP contribution is 1.99. The van der Waals surface area contributed by atoms with Gasteiger partial charge in [-0.05, 0) is 27.7 Å². The molecule has 3 N–H and O–H groups in total. The molecule has 0 fully saturated rings. The van der Waals surface area contributed by atoms with Crippen molar-refractivity contribution in [2.75, 3.05) is 0 Å². The van der Waals surface area contributed by atoms with Gasteiger partial charge >= 0.3 is 0 Å². The van der Waals surface area contributed by atoms with Crippen LogP contribution in [0.2, 0.25) is 0 Å². The van der Waals surface area contributed by atoms with Gasteiger partial charge in [-0.25, -0.2) is 0 Å². The molecule has 0 aliphatic rings. The topological polar surface area (TPSA) is 91.1 Å². The Morgan fingerprint density at radius 3 is 2.47 bits per heavy atom. The third-order valence-electron chi connectivity index (χ3n) is 2.31. The SMILES string of the molecule is CC(NC(=O)c1c[nH]ccc1=O)C(=O)NC(C)(C)C. The minimum atomic E-state index is -0.716. The van der Waals surface area contributed by atoms with Crippen molar-refractivity contribution in [3.63, 3.8) is 0 Å².